The highest BCUT2D eigenvalue weighted by atomic mass is 16.1. The Bertz CT molecular complexity index is 600. The molecule has 0 saturated heterocycles. The van der Waals surface area contributed by atoms with Crippen molar-refractivity contribution in [1.29, 1.82) is 0 Å². The minimum absolute atomic E-state index is 0.148. The molecule has 1 aromatic carbocycles. The molecule has 1 aromatic heterocycles. The smallest absolute Gasteiger partial charge is 0.202 e. The van der Waals surface area contributed by atoms with E-state index in [1.165, 1.54) is 6.92 Å². The summed E-state index contributed by atoms with van der Waals surface area (Å²) in [4.78, 5) is 10.9. The van der Waals surface area contributed by atoms with Gasteiger partial charge in [0.05, 0.1) is 11.9 Å². The number of carbonyl (C=O) groups is 1. The van der Waals surface area contributed by atoms with Gasteiger partial charge in [0, 0.05) is 12.5 Å². The number of hydrogen-bond donors (Lipinski definition) is 0. The Morgan fingerprint density at radius 3 is 2.65 bits per heavy atom. The van der Waals surface area contributed by atoms with Gasteiger partial charge in [-0.15, -0.1) is 0 Å². The van der Waals surface area contributed by atoms with Crippen molar-refractivity contribution < 1.29 is 4.79 Å². The standard InChI is InChI=1S/C14H12N2O/c1-11-10-15-16(13-6-4-3-5-7-13)14(11)9-8-12(2)17/h3-7,10H,1-2H3. The molecule has 3 heteroatoms. The first-order valence-corrected chi connectivity index (χ1v) is 5.31. The molecule has 0 aliphatic carbocycles. The van der Waals surface area contributed by atoms with E-state index in [0.29, 0.717) is 0 Å². The second-order valence-corrected chi connectivity index (χ2v) is 3.73. The predicted octanol–water partition coefficient (Wildman–Crippen LogP) is 2.12. The van der Waals surface area contributed by atoms with Gasteiger partial charge in [-0.2, -0.15) is 5.10 Å². The topological polar surface area (TPSA) is 34.9 Å². The van der Waals surface area contributed by atoms with Crippen LogP contribution in [0.1, 0.15) is 18.2 Å². The predicted molar refractivity (Wildman–Crippen MR) is 65.9 cm³/mol. The average Bonchev–Trinajstić information content (AvgIpc) is 2.69. The summed E-state index contributed by atoms with van der Waals surface area (Å²) in [7, 11) is 0. The summed E-state index contributed by atoms with van der Waals surface area (Å²) in [5.41, 5.74) is 2.66. The highest BCUT2D eigenvalue weighted by molar-refractivity contribution is 5.93. The van der Waals surface area contributed by atoms with Crippen LogP contribution >= 0.6 is 0 Å². The van der Waals surface area contributed by atoms with Gasteiger partial charge in [-0.1, -0.05) is 18.2 Å². The Morgan fingerprint density at radius 1 is 1.29 bits per heavy atom. The monoisotopic (exact) mass is 224 g/mol. The second-order valence-electron chi connectivity index (χ2n) is 3.73. The largest absolute Gasteiger partial charge is 0.285 e. The molecule has 84 valence electrons. The van der Waals surface area contributed by atoms with Gasteiger partial charge in [0.15, 0.2) is 0 Å². The zero-order chi connectivity index (χ0) is 12.3. The number of hydrogen-bond acceptors (Lipinski definition) is 2. The summed E-state index contributed by atoms with van der Waals surface area (Å²) < 4.78 is 1.74. The van der Waals surface area contributed by atoms with Crippen molar-refractivity contribution in [1.82, 2.24) is 9.78 Å². The molecule has 1 heterocycles. The molecule has 2 rings (SSSR count). The Labute approximate surface area is 100 Å². The second kappa shape index (κ2) is 4.67. The summed E-state index contributed by atoms with van der Waals surface area (Å²) in [6.07, 6.45) is 1.75. The molecule has 0 aliphatic rings. The molecule has 0 bridgehead atoms. The van der Waals surface area contributed by atoms with Crippen LogP contribution in [0, 0.1) is 18.8 Å². The van der Waals surface area contributed by atoms with Gasteiger partial charge in [0.1, 0.15) is 5.69 Å². The lowest BCUT2D eigenvalue weighted by Crippen LogP contribution is -1.99. The summed E-state index contributed by atoms with van der Waals surface area (Å²) in [5.74, 6) is 5.26. The summed E-state index contributed by atoms with van der Waals surface area (Å²) in [6.45, 7) is 3.38. The Kier molecular flexibility index (Phi) is 3.06. The van der Waals surface area contributed by atoms with Gasteiger partial charge in [0.25, 0.3) is 0 Å². The molecule has 0 spiro atoms. The van der Waals surface area contributed by atoms with E-state index >= 15 is 0 Å². The van der Waals surface area contributed by atoms with E-state index in [-0.39, 0.29) is 5.78 Å². The van der Waals surface area contributed by atoms with Crippen molar-refractivity contribution >= 4 is 5.78 Å². The van der Waals surface area contributed by atoms with Gasteiger partial charge in [0.2, 0.25) is 5.78 Å². The summed E-state index contributed by atoms with van der Waals surface area (Å²) >= 11 is 0. The summed E-state index contributed by atoms with van der Waals surface area (Å²) in [6, 6.07) is 9.72. The third kappa shape index (κ3) is 2.43. The van der Waals surface area contributed by atoms with Crippen LogP contribution in [0.15, 0.2) is 36.5 Å². The molecule has 0 saturated carbocycles. The van der Waals surface area contributed by atoms with Gasteiger partial charge >= 0.3 is 0 Å². The fraction of sp³-hybridized carbons (Fsp3) is 0.143. The number of para-hydroxylation sites is 1. The van der Waals surface area contributed by atoms with Crippen LogP contribution in [0.2, 0.25) is 0 Å². The number of nitrogens with zero attached hydrogens (tertiary/aromatic N) is 2. The number of aryl methyl sites for hydroxylation is 1. The fourth-order valence-corrected chi connectivity index (χ4v) is 1.49. The van der Waals surface area contributed by atoms with E-state index < -0.39 is 0 Å². The maximum Gasteiger partial charge on any atom is 0.202 e. The molecule has 0 fully saturated rings. The number of aromatic nitrogens is 2. The maximum atomic E-state index is 10.9. The van der Waals surface area contributed by atoms with Crippen molar-refractivity contribution in [2.24, 2.45) is 0 Å². The number of ketones is 1. The fourth-order valence-electron chi connectivity index (χ4n) is 1.49. The minimum Gasteiger partial charge on any atom is -0.285 e. The molecule has 0 aliphatic heterocycles. The van der Waals surface area contributed by atoms with E-state index in [1.807, 2.05) is 37.3 Å². The highest BCUT2D eigenvalue weighted by Crippen LogP contribution is 2.12. The van der Waals surface area contributed by atoms with Crippen LogP contribution in [0.25, 0.3) is 5.69 Å². The van der Waals surface area contributed by atoms with E-state index in [4.69, 9.17) is 0 Å². The Morgan fingerprint density at radius 2 is 2.00 bits per heavy atom. The van der Waals surface area contributed by atoms with Gasteiger partial charge in [-0.3, -0.25) is 4.79 Å². The van der Waals surface area contributed by atoms with Crippen LogP contribution in [-0.4, -0.2) is 15.6 Å². The lowest BCUT2D eigenvalue weighted by molar-refractivity contribution is -0.111. The van der Waals surface area contributed by atoms with Crippen molar-refractivity contribution in [2.45, 2.75) is 13.8 Å². The minimum atomic E-state index is -0.148. The van der Waals surface area contributed by atoms with E-state index in [2.05, 4.69) is 16.9 Å². The van der Waals surface area contributed by atoms with Crippen LogP contribution in [0.4, 0.5) is 0 Å². The highest BCUT2D eigenvalue weighted by Gasteiger charge is 2.06. The van der Waals surface area contributed by atoms with E-state index in [9.17, 15) is 4.79 Å². The van der Waals surface area contributed by atoms with Crippen LogP contribution in [0.3, 0.4) is 0 Å². The Hall–Kier alpha value is -2.34. The van der Waals surface area contributed by atoms with Gasteiger partial charge in [-0.05, 0) is 30.9 Å². The molecule has 0 unspecified atom stereocenters. The molecule has 0 radical (unpaired) electrons. The lowest BCUT2D eigenvalue weighted by atomic mass is 10.2. The number of carbonyl (C=O) groups excluding carboxylic acids is 1. The van der Waals surface area contributed by atoms with Crippen molar-refractivity contribution in [3.63, 3.8) is 0 Å². The van der Waals surface area contributed by atoms with Crippen LogP contribution < -0.4 is 0 Å². The SMILES string of the molecule is CC(=O)C#Cc1c(C)cnn1-c1ccccc1. The zero-order valence-corrected chi connectivity index (χ0v) is 9.77. The normalized spacial score (nSPS) is 9.53. The van der Waals surface area contributed by atoms with Gasteiger partial charge < -0.3 is 0 Å². The first kappa shape index (κ1) is 11.2. The first-order valence-electron chi connectivity index (χ1n) is 5.31. The Balaban J connectivity index is 2.51. The number of Topliss-reactive ketones (excluding diaryl/α,β-unsaturated/α-hetero) is 1. The molecule has 0 atom stereocenters. The molecule has 2 aromatic rings. The van der Waals surface area contributed by atoms with Gasteiger partial charge in [-0.25, -0.2) is 4.68 Å². The van der Waals surface area contributed by atoms with Crippen molar-refractivity contribution in [2.75, 3.05) is 0 Å². The van der Waals surface area contributed by atoms with E-state index in [1.54, 1.807) is 10.9 Å². The lowest BCUT2D eigenvalue weighted by Gasteiger charge is -2.02. The van der Waals surface area contributed by atoms with Crippen LogP contribution in [-0.2, 0) is 4.79 Å². The quantitative estimate of drug-likeness (QED) is 0.695. The molecule has 3 nitrogen and oxygen atoms in total. The summed E-state index contributed by atoms with van der Waals surface area (Å²) in [5, 5.41) is 4.27. The maximum absolute atomic E-state index is 10.9. The molecule has 17 heavy (non-hydrogen) atoms. The molecule has 0 N–H and O–H groups in total. The first-order chi connectivity index (χ1) is 8.18. The number of benzene rings is 1. The molecule has 0 amide bonds. The third-order valence-corrected chi connectivity index (χ3v) is 2.31. The van der Waals surface area contributed by atoms with Crippen molar-refractivity contribution in [3.05, 3.63) is 47.8 Å². The zero-order valence-electron chi connectivity index (χ0n) is 9.77. The van der Waals surface area contributed by atoms with E-state index in [0.717, 1.165) is 16.9 Å². The molecular weight excluding hydrogens is 212 g/mol. The average molecular weight is 224 g/mol. The number of rotatable bonds is 1. The van der Waals surface area contributed by atoms with Crippen molar-refractivity contribution in [3.8, 4) is 17.5 Å². The van der Waals surface area contributed by atoms with Crippen LogP contribution in [0.5, 0.6) is 0 Å². The third-order valence-electron chi connectivity index (χ3n) is 2.31. The molecular formula is C14H12N2O.